The lowest BCUT2D eigenvalue weighted by Crippen LogP contribution is -2.51. The van der Waals surface area contributed by atoms with Crippen LogP contribution in [0.5, 0.6) is 5.75 Å². The van der Waals surface area contributed by atoms with Crippen molar-refractivity contribution < 1.29 is 19.1 Å². The molecule has 9 heteroatoms. The van der Waals surface area contributed by atoms with Crippen molar-refractivity contribution in [2.24, 2.45) is 0 Å². The number of nitrogens with one attached hydrogen (secondary N) is 2. The number of nitrogens with zero attached hydrogens (tertiary/aromatic N) is 2. The van der Waals surface area contributed by atoms with E-state index in [1.165, 1.54) is 13.1 Å². The molecule has 1 unspecified atom stereocenters. The Morgan fingerprint density at radius 2 is 1.68 bits per heavy atom. The molecule has 0 fully saturated rings. The molecule has 0 radical (unpaired) electrons. The largest absolute Gasteiger partial charge is 0.489 e. The summed E-state index contributed by atoms with van der Waals surface area (Å²) in [5.74, 6) is -0.246. The molecule has 0 bridgehead atoms. The fourth-order valence-corrected chi connectivity index (χ4v) is 3.99. The van der Waals surface area contributed by atoms with Crippen molar-refractivity contribution in [3.63, 3.8) is 0 Å². The number of likely N-dealkylation sites (N-methyl/N-ethyl adjacent to an activating group) is 1. The van der Waals surface area contributed by atoms with Crippen LogP contribution >= 0.6 is 11.6 Å². The van der Waals surface area contributed by atoms with Gasteiger partial charge in [-0.05, 0) is 76.9 Å². The van der Waals surface area contributed by atoms with Gasteiger partial charge in [0.15, 0.2) is 0 Å². The minimum atomic E-state index is -0.802. The second-order valence-corrected chi connectivity index (χ2v) is 10.5. The predicted octanol–water partition coefficient (Wildman–Crippen LogP) is 5.28. The second-order valence-electron chi connectivity index (χ2n) is 10.1. The van der Waals surface area contributed by atoms with E-state index in [2.05, 4.69) is 17.6 Å². The van der Waals surface area contributed by atoms with Gasteiger partial charge >= 0.3 is 6.03 Å². The van der Waals surface area contributed by atoms with E-state index in [1.54, 1.807) is 21.9 Å². The summed E-state index contributed by atoms with van der Waals surface area (Å²) >= 11 is 6.29. The van der Waals surface area contributed by atoms with E-state index in [0.29, 0.717) is 22.9 Å². The van der Waals surface area contributed by atoms with E-state index in [4.69, 9.17) is 16.3 Å². The van der Waals surface area contributed by atoms with Crippen LogP contribution in [0.3, 0.4) is 0 Å². The highest BCUT2D eigenvalue weighted by molar-refractivity contribution is 6.32. The normalized spacial score (nSPS) is 12.1. The van der Waals surface area contributed by atoms with Crippen molar-refractivity contribution >= 4 is 35.1 Å². The molecule has 0 heterocycles. The molecule has 2 aromatic rings. The van der Waals surface area contributed by atoms with Crippen LogP contribution in [-0.4, -0.2) is 61.1 Å². The molecule has 1 atom stereocenters. The van der Waals surface area contributed by atoms with E-state index in [1.807, 2.05) is 65.9 Å². The van der Waals surface area contributed by atoms with E-state index < -0.39 is 11.9 Å². The van der Waals surface area contributed by atoms with Gasteiger partial charge in [0.25, 0.3) is 5.91 Å². The number of ether oxygens (including phenoxy) is 1. The maximum absolute atomic E-state index is 13.2. The second kappa shape index (κ2) is 13.5. The monoisotopic (exact) mass is 544 g/mol. The first-order valence-corrected chi connectivity index (χ1v) is 13.3. The van der Waals surface area contributed by atoms with Crippen LogP contribution in [0, 0.1) is 0 Å². The Balaban J connectivity index is 2.18. The molecule has 0 spiro atoms. The number of amides is 4. The number of benzene rings is 2. The summed E-state index contributed by atoms with van der Waals surface area (Å²) in [6.07, 6.45) is 1.06. The number of urea groups is 1. The minimum Gasteiger partial charge on any atom is -0.489 e. The van der Waals surface area contributed by atoms with Crippen LogP contribution in [-0.2, 0) is 11.2 Å². The summed E-state index contributed by atoms with van der Waals surface area (Å²) in [5.41, 5.74) is 1.66. The van der Waals surface area contributed by atoms with Crippen molar-refractivity contribution in [1.29, 1.82) is 0 Å². The van der Waals surface area contributed by atoms with Gasteiger partial charge in [-0.15, -0.1) is 0 Å². The lowest BCUT2D eigenvalue weighted by molar-refractivity contribution is -0.122. The number of rotatable bonds is 11. The molecule has 8 nitrogen and oxygen atoms in total. The Morgan fingerprint density at radius 3 is 2.18 bits per heavy atom. The van der Waals surface area contributed by atoms with Crippen LogP contribution in [0.25, 0.3) is 0 Å². The summed E-state index contributed by atoms with van der Waals surface area (Å²) in [7, 11) is 3.34. The average Bonchev–Trinajstić information content (AvgIpc) is 2.89. The Kier molecular flexibility index (Phi) is 11.0. The predicted molar refractivity (Wildman–Crippen MR) is 153 cm³/mol. The smallest absolute Gasteiger partial charge is 0.324 e. The third kappa shape index (κ3) is 7.87. The molecule has 0 aromatic heterocycles. The number of carbonyl (C=O) groups excluding carboxylic acids is 3. The number of hydrogen-bond acceptors (Lipinski definition) is 4. The van der Waals surface area contributed by atoms with Crippen LogP contribution in [0.4, 0.5) is 10.5 Å². The van der Waals surface area contributed by atoms with Crippen LogP contribution < -0.4 is 20.3 Å². The highest BCUT2D eigenvalue weighted by Gasteiger charge is 2.29. The molecule has 0 saturated heterocycles. The lowest BCUT2D eigenvalue weighted by Gasteiger charge is -2.38. The Hall–Kier alpha value is -3.26. The van der Waals surface area contributed by atoms with Crippen molar-refractivity contribution in [2.75, 3.05) is 25.5 Å². The minimum absolute atomic E-state index is 0.0529. The van der Waals surface area contributed by atoms with Crippen molar-refractivity contribution in [3.8, 4) is 5.75 Å². The number of anilines is 1. The fourth-order valence-electron chi connectivity index (χ4n) is 3.77. The standard InChI is InChI=1S/C29H41ClN4O4/c1-9-29(5,6)33(8)28(37)34(10-2)22-14-11-20(12-15-22)17-24(27(36)31-7)32-26(35)21-13-16-25(23(30)18-21)38-19(3)4/h11-16,18-19,24H,9-10,17H2,1-8H3,(H,31,36)(H,32,35). The topological polar surface area (TPSA) is 91.0 Å². The van der Waals surface area contributed by atoms with E-state index in [0.717, 1.165) is 17.7 Å². The zero-order valence-electron chi connectivity index (χ0n) is 23.7. The maximum Gasteiger partial charge on any atom is 0.324 e. The maximum atomic E-state index is 13.2. The summed E-state index contributed by atoms with van der Waals surface area (Å²) in [4.78, 5) is 42.2. The summed E-state index contributed by atoms with van der Waals surface area (Å²) < 4.78 is 5.62. The molecule has 208 valence electrons. The van der Waals surface area contributed by atoms with Gasteiger partial charge < -0.3 is 20.3 Å². The van der Waals surface area contributed by atoms with Crippen LogP contribution in [0.2, 0.25) is 5.02 Å². The molecule has 0 aliphatic carbocycles. The highest BCUT2D eigenvalue weighted by Crippen LogP contribution is 2.27. The number of carbonyl (C=O) groups is 3. The zero-order chi connectivity index (χ0) is 28.6. The first-order valence-electron chi connectivity index (χ1n) is 13.0. The van der Waals surface area contributed by atoms with Crippen LogP contribution in [0.1, 0.15) is 63.9 Å². The zero-order valence-corrected chi connectivity index (χ0v) is 24.5. The average molecular weight is 545 g/mol. The van der Waals surface area contributed by atoms with Gasteiger partial charge in [-0.1, -0.05) is 30.7 Å². The summed E-state index contributed by atoms with van der Waals surface area (Å²) in [5, 5.41) is 5.74. The third-order valence-corrected chi connectivity index (χ3v) is 7.02. The summed E-state index contributed by atoms with van der Waals surface area (Å²) in [6.45, 7) is 12.4. The molecule has 2 aromatic carbocycles. The number of hydrogen-bond donors (Lipinski definition) is 2. The van der Waals surface area contributed by atoms with Crippen molar-refractivity contribution in [3.05, 3.63) is 58.6 Å². The fraction of sp³-hybridized carbons (Fsp3) is 0.483. The molecule has 38 heavy (non-hydrogen) atoms. The molecule has 0 saturated carbocycles. The quantitative estimate of drug-likeness (QED) is 0.402. The molecular weight excluding hydrogens is 504 g/mol. The SMILES string of the molecule is CCN(C(=O)N(C)C(C)(C)CC)c1ccc(CC(NC(=O)c2ccc(OC(C)C)c(Cl)c2)C(=O)NC)cc1. The third-order valence-electron chi connectivity index (χ3n) is 6.72. The number of halogens is 1. The van der Waals surface area contributed by atoms with Crippen LogP contribution in [0.15, 0.2) is 42.5 Å². The highest BCUT2D eigenvalue weighted by atomic mass is 35.5. The van der Waals surface area contributed by atoms with Gasteiger partial charge in [0, 0.05) is 43.9 Å². The Labute approximate surface area is 231 Å². The van der Waals surface area contributed by atoms with Gasteiger partial charge in [0.2, 0.25) is 5.91 Å². The molecule has 2 rings (SSSR count). The van der Waals surface area contributed by atoms with Gasteiger partial charge in [0.05, 0.1) is 11.1 Å². The first-order chi connectivity index (χ1) is 17.8. The van der Waals surface area contributed by atoms with Crippen molar-refractivity contribution in [1.82, 2.24) is 15.5 Å². The van der Waals surface area contributed by atoms with E-state index in [-0.39, 0.29) is 30.0 Å². The molecule has 4 amide bonds. The van der Waals surface area contributed by atoms with Gasteiger partial charge in [0.1, 0.15) is 11.8 Å². The van der Waals surface area contributed by atoms with E-state index >= 15 is 0 Å². The van der Waals surface area contributed by atoms with E-state index in [9.17, 15) is 14.4 Å². The van der Waals surface area contributed by atoms with Gasteiger partial charge in [-0.3, -0.25) is 14.5 Å². The molecular formula is C29H41ClN4O4. The Bertz CT molecular complexity index is 1120. The molecule has 2 N–H and O–H groups in total. The Morgan fingerprint density at radius 1 is 1.05 bits per heavy atom. The van der Waals surface area contributed by atoms with Gasteiger partial charge in [-0.2, -0.15) is 0 Å². The summed E-state index contributed by atoms with van der Waals surface area (Å²) in [6, 6.07) is 11.4. The van der Waals surface area contributed by atoms with Gasteiger partial charge in [-0.25, -0.2) is 4.79 Å². The van der Waals surface area contributed by atoms with Crippen molar-refractivity contribution in [2.45, 2.75) is 72.1 Å². The first kappa shape index (κ1) is 31.0. The lowest BCUT2D eigenvalue weighted by atomic mass is 10.0. The molecule has 0 aliphatic heterocycles. The molecule has 0 aliphatic rings.